The van der Waals surface area contributed by atoms with E-state index < -0.39 is 40.7 Å². The molecule has 0 spiro atoms. The third-order valence-electron chi connectivity index (χ3n) is 4.88. The topological polar surface area (TPSA) is 44.8 Å². The molecule has 0 saturated carbocycles. The summed E-state index contributed by atoms with van der Waals surface area (Å²) >= 11 is 5.23. The first-order valence-corrected chi connectivity index (χ1v) is 10.2. The summed E-state index contributed by atoms with van der Waals surface area (Å²) in [6, 6.07) is 6.50. The van der Waals surface area contributed by atoms with Gasteiger partial charge in [-0.25, -0.2) is 22.0 Å². The highest BCUT2D eigenvalue weighted by Gasteiger charge is 2.31. The molecule has 11 heteroatoms. The minimum atomic E-state index is -2.20. The number of ether oxygens (including phenoxy) is 1. The van der Waals surface area contributed by atoms with E-state index in [0.717, 1.165) is 11.3 Å². The maximum atomic E-state index is 14.0. The molecule has 1 aliphatic rings. The second-order valence-corrected chi connectivity index (χ2v) is 7.41. The van der Waals surface area contributed by atoms with E-state index in [1.165, 1.54) is 0 Å². The molecule has 1 amide bonds. The number of carbonyl (C=O) groups excluding carboxylic acids is 1. The van der Waals surface area contributed by atoms with Crippen LogP contribution in [-0.2, 0) is 0 Å². The highest BCUT2D eigenvalue weighted by atomic mass is 32.1. The molecule has 0 aliphatic carbocycles. The van der Waals surface area contributed by atoms with E-state index in [1.807, 2.05) is 6.92 Å². The number of amides is 1. The van der Waals surface area contributed by atoms with Crippen LogP contribution in [0.5, 0.6) is 5.75 Å². The van der Waals surface area contributed by atoms with Crippen LogP contribution >= 0.6 is 12.2 Å². The van der Waals surface area contributed by atoms with Gasteiger partial charge in [0.1, 0.15) is 11.4 Å². The number of piperazine rings is 1. The molecule has 1 aliphatic heterocycles. The molecular weight excluding hydrogens is 453 g/mol. The fourth-order valence-corrected chi connectivity index (χ4v) is 3.45. The van der Waals surface area contributed by atoms with Crippen molar-refractivity contribution in [3.8, 4) is 5.75 Å². The summed E-state index contributed by atoms with van der Waals surface area (Å²) in [6.45, 7) is 2.65. The lowest BCUT2D eigenvalue weighted by atomic mass is 10.2. The number of benzene rings is 2. The van der Waals surface area contributed by atoms with Crippen molar-refractivity contribution in [3.05, 3.63) is 58.9 Å². The van der Waals surface area contributed by atoms with Gasteiger partial charge < -0.3 is 14.5 Å². The third-order valence-corrected chi connectivity index (χ3v) is 5.24. The summed E-state index contributed by atoms with van der Waals surface area (Å²) in [5.41, 5.74) is -0.613. The van der Waals surface area contributed by atoms with Gasteiger partial charge in [0, 0.05) is 31.7 Å². The van der Waals surface area contributed by atoms with E-state index in [9.17, 15) is 26.7 Å². The Balaban J connectivity index is 1.60. The van der Waals surface area contributed by atoms with Gasteiger partial charge in [-0.15, -0.1) is 0 Å². The Bertz CT molecular complexity index is 982. The maximum absolute atomic E-state index is 14.0. The molecule has 2 aromatic rings. The fourth-order valence-electron chi connectivity index (χ4n) is 3.17. The van der Waals surface area contributed by atoms with Gasteiger partial charge in [-0.05, 0) is 42.9 Å². The summed E-state index contributed by atoms with van der Waals surface area (Å²) in [6.07, 6.45) is 0.855. The molecule has 32 heavy (non-hydrogen) atoms. The van der Waals surface area contributed by atoms with Gasteiger partial charge in [0.25, 0.3) is 5.91 Å². The molecule has 5 nitrogen and oxygen atoms in total. The first kappa shape index (κ1) is 23.7. The number of nitrogens with zero attached hydrogens (tertiary/aromatic N) is 2. The lowest BCUT2D eigenvalue weighted by Gasteiger charge is -2.37. The molecule has 2 aromatic carbocycles. The van der Waals surface area contributed by atoms with E-state index in [4.69, 9.17) is 17.0 Å². The minimum absolute atomic E-state index is 0.0577. The van der Waals surface area contributed by atoms with Crippen molar-refractivity contribution in [2.45, 2.75) is 13.3 Å². The van der Waals surface area contributed by atoms with E-state index in [0.29, 0.717) is 17.9 Å². The lowest BCUT2D eigenvalue weighted by molar-refractivity contribution is 0.0973. The van der Waals surface area contributed by atoms with Crippen LogP contribution in [0, 0.1) is 29.1 Å². The first-order valence-electron chi connectivity index (χ1n) is 9.84. The zero-order valence-electron chi connectivity index (χ0n) is 17.1. The minimum Gasteiger partial charge on any atom is -0.494 e. The molecule has 0 aromatic heterocycles. The number of carbonyl (C=O) groups is 1. The quantitative estimate of drug-likeness (QED) is 0.308. The second kappa shape index (κ2) is 10.1. The van der Waals surface area contributed by atoms with Crippen LogP contribution in [0.4, 0.5) is 27.6 Å². The Morgan fingerprint density at radius 2 is 1.47 bits per heavy atom. The number of anilines is 1. The van der Waals surface area contributed by atoms with Crippen molar-refractivity contribution in [3.63, 3.8) is 0 Å². The van der Waals surface area contributed by atoms with Gasteiger partial charge in [0.2, 0.25) is 5.82 Å². The normalized spacial score (nSPS) is 13.8. The smallest absolute Gasteiger partial charge is 0.257 e. The second-order valence-electron chi connectivity index (χ2n) is 7.02. The van der Waals surface area contributed by atoms with Crippen molar-refractivity contribution in [1.29, 1.82) is 0 Å². The summed E-state index contributed by atoms with van der Waals surface area (Å²) in [5.74, 6) is -9.75. The van der Waals surface area contributed by atoms with E-state index in [1.54, 1.807) is 29.2 Å². The van der Waals surface area contributed by atoms with Crippen LogP contribution in [0.1, 0.15) is 23.7 Å². The molecule has 1 fully saturated rings. The van der Waals surface area contributed by atoms with Crippen LogP contribution in [0.15, 0.2) is 24.3 Å². The zero-order chi connectivity index (χ0) is 23.4. The maximum Gasteiger partial charge on any atom is 0.257 e. The van der Waals surface area contributed by atoms with E-state index in [2.05, 4.69) is 5.32 Å². The molecule has 172 valence electrons. The van der Waals surface area contributed by atoms with E-state index in [-0.39, 0.29) is 31.3 Å². The number of nitrogens with one attached hydrogen (secondary N) is 1. The first-order chi connectivity index (χ1) is 15.2. The summed E-state index contributed by atoms with van der Waals surface area (Å²) < 4.78 is 73.7. The summed E-state index contributed by atoms with van der Waals surface area (Å²) in [7, 11) is 0. The Morgan fingerprint density at radius 3 is 2.00 bits per heavy atom. The number of hydrogen-bond acceptors (Lipinski definition) is 4. The van der Waals surface area contributed by atoms with Gasteiger partial charge in [0.15, 0.2) is 28.4 Å². The predicted octanol–water partition coefficient (Wildman–Crippen LogP) is 4.01. The highest BCUT2D eigenvalue weighted by Crippen LogP contribution is 2.30. The van der Waals surface area contributed by atoms with Gasteiger partial charge in [-0.2, -0.15) is 0 Å². The Labute approximate surface area is 186 Å². The van der Waals surface area contributed by atoms with Gasteiger partial charge in [-0.1, -0.05) is 6.92 Å². The Morgan fingerprint density at radius 1 is 0.938 bits per heavy atom. The van der Waals surface area contributed by atoms with Gasteiger partial charge >= 0.3 is 0 Å². The molecule has 1 saturated heterocycles. The molecular formula is C21H20F5N3O2S. The fraction of sp³-hybridized carbons (Fsp3) is 0.333. The van der Waals surface area contributed by atoms with Crippen LogP contribution in [0.2, 0.25) is 0 Å². The number of halogens is 5. The Kier molecular flexibility index (Phi) is 7.49. The van der Waals surface area contributed by atoms with Crippen LogP contribution in [0.3, 0.4) is 0 Å². The summed E-state index contributed by atoms with van der Waals surface area (Å²) in [5, 5.41) is 2.67. The predicted molar refractivity (Wildman–Crippen MR) is 112 cm³/mol. The largest absolute Gasteiger partial charge is 0.494 e. The average molecular weight is 473 g/mol. The number of rotatable bonds is 5. The van der Waals surface area contributed by atoms with Crippen molar-refractivity contribution >= 4 is 28.9 Å². The van der Waals surface area contributed by atoms with Gasteiger partial charge in [-0.3, -0.25) is 10.1 Å². The van der Waals surface area contributed by atoms with Crippen LogP contribution < -0.4 is 15.0 Å². The standard InChI is InChI=1S/C21H20F5N3O2S/c1-2-11-31-13-5-3-12(4-6-13)20(30)27-21(32)29-9-7-28(8-10-29)19-17(25)15(23)14(22)16(24)18(19)26/h3-6H,2,7-11H2,1H3,(H,27,30,32). The van der Waals surface area contributed by atoms with Crippen molar-refractivity contribution < 1.29 is 31.5 Å². The number of hydrogen-bond donors (Lipinski definition) is 1. The SMILES string of the molecule is CCCOc1ccc(C(=O)NC(=S)N2CCN(c3c(F)c(F)c(F)c(F)c3F)CC2)cc1. The molecule has 0 atom stereocenters. The van der Waals surface area contributed by atoms with Crippen molar-refractivity contribution in [2.24, 2.45) is 0 Å². The highest BCUT2D eigenvalue weighted by molar-refractivity contribution is 7.80. The molecule has 3 rings (SSSR count). The molecule has 0 unspecified atom stereocenters. The van der Waals surface area contributed by atoms with E-state index >= 15 is 0 Å². The Hall–Kier alpha value is -2.95. The van der Waals surface area contributed by atoms with Gasteiger partial charge in [0.05, 0.1) is 6.61 Å². The van der Waals surface area contributed by atoms with Crippen LogP contribution in [0.25, 0.3) is 0 Å². The number of thiocarbonyl (C=S) groups is 1. The van der Waals surface area contributed by atoms with Crippen LogP contribution in [-0.4, -0.2) is 48.7 Å². The van der Waals surface area contributed by atoms with Crippen molar-refractivity contribution in [1.82, 2.24) is 10.2 Å². The third kappa shape index (κ3) is 4.93. The molecule has 1 N–H and O–H groups in total. The molecule has 1 heterocycles. The molecule has 0 bridgehead atoms. The average Bonchev–Trinajstić information content (AvgIpc) is 2.81. The summed E-state index contributed by atoms with van der Waals surface area (Å²) in [4.78, 5) is 15.1. The zero-order valence-corrected chi connectivity index (χ0v) is 17.9. The monoisotopic (exact) mass is 473 g/mol. The molecule has 0 radical (unpaired) electrons. The lowest BCUT2D eigenvalue weighted by Crippen LogP contribution is -2.53. The van der Waals surface area contributed by atoms with Crippen molar-refractivity contribution in [2.75, 3.05) is 37.7 Å².